The molecule has 1 heterocycles. The zero-order valence-corrected chi connectivity index (χ0v) is 36.5. The van der Waals surface area contributed by atoms with Gasteiger partial charge in [-0.2, -0.15) is 0 Å². The summed E-state index contributed by atoms with van der Waals surface area (Å²) in [4.78, 5) is 16.7. The number of aromatic nitrogens is 3. The first-order valence-electron chi connectivity index (χ1n) is 22.9. The zero-order valence-electron chi connectivity index (χ0n) is 36.5. The number of fused-ring (bicyclic) bond motifs is 18. The van der Waals surface area contributed by atoms with Gasteiger partial charge in [0, 0.05) is 22.1 Å². The quantitative estimate of drug-likeness (QED) is 0.166. The third-order valence-electron chi connectivity index (χ3n) is 14.9. The molecule has 1 aromatic heterocycles. The molecule has 12 aromatic rings. The fraction of sp³-hybridized carbons (Fsp3) is 0.0635. The summed E-state index contributed by atoms with van der Waals surface area (Å²) in [6.07, 6.45) is 0. The summed E-state index contributed by atoms with van der Waals surface area (Å²) in [5, 5.41) is 12.0. The largest absolute Gasteiger partial charge is 0.208 e. The van der Waals surface area contributed by atoms with Crippen molar-refractivity contribution in [3.8, 4) is 45.3 Å². The molecule has 66 heavy (non-hydrogen) atoms. The fourth-order valence-corrected chi connectivity index (χ4v) is 12.2. The van der Waals surface area contributed by atoms with Crippen LogP contribution in [0.1, 0.15) is 47.2 Å². The number of rotatable bonds is 3. The van der Waals surface area contributed by atoms with Crippen LogP contribution in [-0.2, 0) is 10.8 Å². The standard InChI is InChI=1S/C63H41N3/c1-62(2)55-31-15-16-32-56(55)63(53-29-13-11-26-48(53)49-27-12-14-30-54(49)63)57-33-17-28-50(58(57)62)60-64-59(65-61(66-60)52-36-38-18-3-4-19-40(38)41-20-5-10-25-46(41)52)39-34-35-47-44-23-7-6-21-42(44)43-22-8-9-24-45(43)51(47)37-39/h3-37H,1-2H3. The molecule has 1 spiro atoms. The Balaban J connectivity index is 1.09. The van der Waals surface area contributed by atoms with Crippen molar-refractivity contribution in [2.24, 2.45) is 0 Å². The van der Waals surface area contributed by atoms with Crippen LogP contribution >= 0.6 is 0 Å². The molecule has 11 aromatic carbocycles. The normalized spacial score (nSPS) is 14.2. The molecule has 0 fully saturated rings. The Morgan fingerprint density at radius 2 is 0.727 bits per heavy atom. The molecule has 0 saturated heterocycles. The Kier molecular flexibility index (Phi) is 7.67. The first kappa shape index (κ1) is 37.1. The highest BCUT2D eigenvalue weighted by Crippen LogP contribution is 2.63. The second-order valence-corrected chi connectivity index (χ2v) is 18.6. The molecule has 2 aliphatic rings. The summed E-state index contributed by atoms with van der Waals surface area (Å²) >= 11 is 0. The highest BCUT2D eigenvalue weighted by atomic mass is 15.0. The van der Waals surface area contributed by atoms with Gasteiger partial charge in [-0.25, -0.2) is 15.0 Å². The molecule has 14 rings (SSSR count). The number of nitrogens with zero attached hydrogens (tertiary/aromatic N) is 3. The van der Waals surface area contributed by atoms with Gasteiger partial charge >= 0.3 is 0 Å². The molecule has 3 nitrogen and oxygen atoms in total. The van der Waals surface area contributed by atoms with Gasteiger partial charge in [0.05, 0.1) is 5.41 Å². The van der Waals surface area contributed by atoms with Crippen molar-refractivity contribution in [1.29, 1.82) is 0 Å². The summed E-state index contributed by atoms with van der Waals surface area (Å²) in [5.41, 5.74) is 12.3. The van der Waals surface area contributed by atoms with E-state index in [0.29, 0.717) is 17.5 Å². The van der Waals surface area contributed by atoms with Gasteiger partial charge in [0.25, 0.3) is 0 Å². The van der Waals surface area contributed by atoms with Crippen LogP contribution in [0.15, 0.2) is 212 Å². The SMILES string of the molecule is CC1(C)c2ccccc2C2(c3ccccc3-c3ccccc32)c2cccc(-c3nc(-c4ccc5c6ccccc6c6ccccc6c5c4)nc(-c4cc5ccccc5c5ccccc45)n3)c21. The van der Waals surface area contributed by atoms with Crippen molar-refractivity contribution in [1.82, 2.24) is 15.0 Å². The van der Waals surface area contributed by atoms with E-state index >= 15 is 0 Å². The fourth-order valence-electron chi connectivity index (χ4n) is 12.2. The lowest BCUT2D eigenvalue weighted by molar-refractivity contribution is 0.564. The molecule has 0 unspecified atom stereocenters. The minimum absolute atomic E-state index is 0.411. The lowest BCUT2D eigenvalue weighted by Gasteiger charge is -2.47. The molecule has 3 heteroatoms. The van der Waals surface area contributed by atoms with Crippen LogP contribution < -0.4 is 0 Å². The van der Waals surface area contributed by atoms with Crippen molar-refractivity contribution in [2.75, 3.05) is 0 Å². The molecular weight excluding hydrogens is 799 g/mol. The Morgan fingerprint density at radius 1 is 0.288 bits per heavy atom. The van der Waals surface area contributed by atoms with Crippen LogP contribution in [0.4, 0.5) is 0 Å². The molecule has 2 aliphatic carbocycles. The average Bonchev–Trinajstić information content (AvgIpc) is 3.68. The van der Waals surface area contributed by atoms with E-state index in [-0.39, 0.29) is 0 Å². The summed E-state index contributed by atoms with van der Waals surface area (Å²) in [5.74, 6) is 1.96. The Hall–Kier alpha value is -8.27. The van der Waals surface area contributed by atoms with E-state index in [2.05, 4.69) is 226 Å². The predicted octanol–water partition coefficient (Wildman–Crippen LogP) is 15.6. The van der Waals surface area contributed by atoms with E-state index in [4.69, 9.17) is 15.0 Å². The second-order valence-electron chi connectivity index (χ2n) is 18.6. The Morgan fingerprint density at radius 3 is 1.38 bits per heavy atom. The topological polar surface area (TPSA) is 38.7 Å². The first-order valence-corrected chi connectivity index (χ1v) is 22.9. The smallest absolute Gasteiger partial charge is 0.164 e. The lowest BCUT2D eigenvalue weighted by atomic mass is 9.55. The van der Waals surface area contributed by atoms with Crippen LogP contribution in [0.2, 0.25) is 0 Å². The maximum atomic E-state index is 5.62. The summed E-state index contributed by atoms with van der Waals surface area (Å²) in [6, 6.07) is 77.8. The van der Waals surface area contributed by atoms with Gasteiger partial charge in [-0.15, -0.1) is 0 Å². The van der Waals surface area contributed by atoms with Crippen LogP contribution in [0.5, 0.6) is 0 Å². The minimum atomic E-state index is -0.542. The van der Waals surface area contributed by atoms with E-state index < -0.39 is 10.8 Å². The third kappa shape index (κ3) is 4.95. The summed E-state index contributed by atoms with van der Waals surface area (Å²) < 4.78 is 0. The maximum Gasteiger partial charge on any atom is 0.164 e. The average molecular weight is 840 g/mol. The molecule has 0 saturated carbocycles. The number of hydrogen-bond donors (Lipinski definition) is 0. The zero-order chi connectivity index (χ0) is 43.7. The van der Waals surface area contributed by atoms with Gasteiger partial charge in [0.2, 0.25) is 0 Å². The van der Waals surface area contributed by atoms with E-state index in [9.17, 15) is 0 Å². The van der Waals surface area contributed by atoms with Crippen molar-refractivity contribution in [3.63, 3.8) is 0 Å². The van der Waals surface area contributed by atoms with Gasteiger partial charge in [0.15, 0.2) is 17.5 Å². The molecule has 0 amide bonds. The molecule has 0 radical (unpaired) electrons. The van der Waals surface area contributed by atoms with Crippen molar-refractivity contribution in [2.45, 2.75) is 24.7 Å². The highest BCUT2D eigenvalue weighted by molar-refractivity contribution is 6.25. The van der Waals surface area contributed by atoms with Gasteiger partial charge in [-0.3, -0.25) is 0 Å². The van der Waals surface area contributed by atoms with E-state index in [1.807, 2.05) is 0 Å². The van der Waals surface area contributed by atoms with E-state index in [1.165, 1.54) is 87.6 Å². The highest BCUT2D eigenvalue weighted by Gasteiger charge is 2.54. The van der Waals surface area contributed by atoms with Crippen LogP contribution in [0.3, 0.4) is 0 Å². The molecule has 0 atom stereocenters. The van der Waals surface area contributed by atoms with Crippen LogP contribution in [-0.4, -0.2) is 15.0 Å². The van der Waals surface area contributed by atoms with E-state index in [0.717, 1.165) is 27.5 Å². The van der Waals surface area contributed by atoms with Crippen molar-refractivity contribution < 1.29 is 0 Å². The Labute approximate surface area is 382 Å². The lowest BCUT2D eigenvalue weighted by Crippen LogP contribution is -2.41. The second kappa shape index (κ2) is 13.6. The molecule has 0 bridgehead atoms. The Bertz CT molecular complexity index is 3970. The number of benzene rings is 11. The van der Waals surface area contributed by atoms with Crippen molar-refractivity contribution >= 4 is 53.9 Å². The minimum Gasteiger partial charge on any atom is -0.208 e. The van der Waals surface area contributed by atoms with Gasteiger partial charge in [-0.1, -0.05) is 214 Å². The van der Waals surface area contributed by atoms with Crippen LogP contribution in [0, 0.1) is 0 Å². The van der Waals surface area contributed by atoms with Crippen LogP contribution in [0.25, 0.3) is 99.2 Å². The van der Waals surface area contributed by atoms with E-state index in [1.54, 1.807) is 0 Å². The van der Waals surface area contributed by atoms with Gasteiger partial charge < -0.3 is 0 Å². The first-order chi connectivity index (χ1) is 32.5. The van der Waals surface area contributed by atoms with Crippen molar-refractivity contribution in [3.05, 3.63) is 246 Å². The predicted molar refractivity (Wildman–Crippen MR) is 273 cm³/mol. The summed E-state index contributed by atoms with van der Waals surface area (Å²) in [7, 11) is 0. The summed E-state index contributed by atoms with van der Waals surface area (Å²) in [6.45, 7) is 4.76. The maximum absolute atomic E-state index is 5.62. The number of hydrogen-bond acceptors (Lipinski definition) is 3. The van der Waals surface area contributed by atoms with Gasteiger partial charge in [0.1, 0.15) is 0 Å². The molecule has 308 valence electrons. The van der Waals surface area contributed by atoms with Gasteiger partial charge in [-0.05, 0) is 111 Å². The third-order valence-corrected chi connectivity index (χ3v) is 14.9. The molecule has 0 aliphatic heterocycles. The molecular formula is C63H41N3. The molecule has 0 N–H and O–H groups in total. The monoisotopic (exact) mass is 839 g/mol.